The zero-order valence-electron chi connectivity index (χ0n) is 14.8. The zero-order valence-corrected chi connectivity index (χ0v) is 14.8. The number of aromatic nitrogens is 2. The van der Waals surface area contributed by atoms with E-state index in [4.69, 9.17) is 0 Å². The van der Waals surface area contributed by atoms with Gasteiger partial charge >= 0.3 is 0 Å². The average Bonchev–Trinajstić information content (AvgIpc) is 3.36. The van der Waals surface area contributed by atoms with Crippen LogP contribution in [0.15, 0.2) is 18.5 Å². The summed E-state index contributed by atoms with van der Waals surface area (Å²) in [6.07, 6.45) is 12.0. The lowest BCUT2D eigenvalue weighted by Gasteiger charge is -2.37. The van der Waals surface area contributed by atoms with E-state index in [0.717, 1.165) is 45.2 Å². The average molecular weight is 344 g/mol. The number of likely N-dealkylation sites (tertiary alicyclic amines) is 2. The summed E-state index contributed by atoms with van der Waals surface area (Å²) in [4.78, 5) is 29.6. The molecule has 2 aliphatic heterocycles. The molecule has 3 aliphatic rings. The van der Waals surface area contributed by atoms with E-state index in [1.54, 1.807) is 6.20 Å². The van der Waals surface area contributed by atoms with Gasteiger partial charge in [-0.05, 0) is 38.2 Å². The highest BCUT2D eigenvalue weighted by molar-refractivity contribution is 5.89. The third kappa shape index (κ3) is 3.44. The highest BCUT2D eigenvalue weighted by atomic mass is 16.2. The van der Waals surface area contributed by atoms with Gasteiger partial charge in [-0.1, -0.05) is 12.8 Å². The summed E-state index contributed by atoms with van der Waals surface area (Å²) in [6.45, 7) is 2.21. The molecule has 3 fully saturated rings. The lowest BCUT2D eigenvalue weighted by atomic mass is 9.98. The first kappa shape index (κ1) is 16.6. The van der Waals surface area contributed by atoms with Crippen molar-refractivity contribution in [1.29, 1.82) is 0 Å². The smallest absolute Gasteiger partial charge is 0.228 e. The van der Waals surface area contributed by atoms with Crippen LogP contribution in [-0.2, 0) is 16.1 Å². The first-order valence-corrected chi connectivity index (χ1v) is 9.80. The van der Waals surface area contributed by atoms with E-state index >= 15 is 0 Å². The van der Waals surface area contributed by atoms with Gasteiger partial charge < -0.3 is 9.80 Å². The number of hydrogen-bond acceptors (Lipinski definition) is 3. The van der Waals surface area contributed by atoms with Crippen molar-refractivity contribution in [3.63, 3.8) is 0 Å². The second-order valence-electron chi connectivity index (χ2n) is 7.79. The maximum absolute atomic E-state index is 13.2. The van der Waals surface area contributed by atoms with Crippen molar-refractivity contribution in [2.45, 2.75) is 70.0 Å². The molecule has 6 heteroatoms. The van der Waals surface area contributed by atoms with Crippen LogP contribution >= 0.6 is 0 Å². The predicted molar refractivity (Wildman–Crippen MR) is 93.7 cm³/mol. The van der Waals surface area contributed by atoms with Crippen LogP contribution in [0.5, 0.6) is 0 Å². The Kier molecular flexibility index (Phi) is 4.77. The van der Waals surface area contributed by atoms with Gasteiger partial charge in [-0.2, -0.15) is 5.10 Å². The number of nitrogens with zero attached hydrogens (tertiary/aromatic N) is 4. The van der Waals surface area contributed by atoms with E-state index in [1.165, 1.54) is 12.8 Å². The molecule has 0 unspecified atom stereocenters. The number of carbonyl (C=O) groups is 2. The summed E-state index contributed by atoms with van der Waals surface area (Å²) in [5, 5.41) is 4.29. The van der Waals surface area contributed by atoms with Gasteiger partial charge in [-0.25, -0.2) is 0 Å². The number of piperidine rings is 1. The summed E-state index contributed by atoms with van der Waals surface area (Å²) in [7, 11) is 0. The summed E-state index contributed by atoms with van der Waals surface area (Å²) in [6, 6.07) is 2.51. The second-order valence-corrected chi connectivity index (χ2v) is 7.79. The largest absolute Gasteiger partial charge is 0.339 e. The van der Waals surface area contributed by atoms with Crippen molar-refractivity contribution >= 4 is 11.8 Å². The van der Waals surface area contributed by atoms with Crippen LogP contribution in [0, 0.1) is 5.92 Å². The standard InChI is InChI=1S/C19H28N4O2/c24-18-12-15(13-23(18)16-6-1-2-7-16)19(25)22-11-4-3-8-17(22)14-21-10-5-9-20-21/h5,9-10,15-17H,1-4,6-8,11-14H2/t15-,17+/m1/s1. The van der Waals surface area contributed by atoms with Gasteiger partial charge in [0.15, 0.2) is 0 Å². The summed E-state index contributed by atoms with van der Waals surface area (Å²) in [5.74, 6) is 0.225. The zero-order chi connectivity index (χ0) is 17.2. The first-order chi connectivity index (χ1) is 12.2. The molecule has 2 atom stereocenters. The van der Waals surface area contributed by atoms with E-state index in [1.807, 2.05) is 26.7 Å². The number of hydrogen-bond donors (Lipinski definition) is 0. The van der Waals surface area contributed by atoms with Crippen LogP contribution in [0.1, 0.15) is 51.4 Å². The minimum atomic E-state index is -0.147. The van der Waals surface area contributed by atoms with E-state index in [9.17, 15) is 9.59 Å². The number of rotatable bonds is 4. The Balaban J connectivity index is 1.42. The second kappa shape index (κ2) is 7.18. The van der Waals surface area contributed by atoms with E-state index in [-0.39, 0.29) is 23.8 Å². The van der Waals surface area contributed by atoms with Crippen LogP contribution in [0.4, 0.5) is 0 Å². The monoisotopic (exact) mass is 344 g/mol. The highest BCUT2D eigenvalue weighted by Crippen LogP contribution is 2.31. The SMILES string of the molecule is O=C1C[C@@H](C(=O)N2CCCC[C@H]2Cn2cccn2)CN1C1CCCC1. The molecule has 1 saturated carbocycles. The molecule has 0 spiro atoms. The first-order valence-electron chi connectivity index (χ1n) is 9.80. The molecule has 0 aromatic carbocycles. The molecule has 0 N–H and O–H groups in total. The normalized spacial score (nSPS) is 28.1. The van der Waals surface area contributed by atoms with Gasteiger partial charge in [-0.15, -0.1) is 0 Å². The number of amides is 2. The fourth-order valence-electron chi connectivity index (χ4n) is 4.81. The molecule has 1 aromatic heterocycles. The third-order valence-electron chi connectivity index (χ3n) is 6.14. The molecule has 4 rings (SSSR count). The van der Waals surface area contributed by atoms with Gasteiger partial charge in [-0.3, -0.25) is 14.3 Å². The maximum atomic E-state index is 13.2. The van der Waals surface area contributed by atoms with Gasteiger partial charge in [0.2, 0.25) is 11.8 Å². The maximum Gasteiger partial charge on any atom is 0.228 e. The Bertz CT molecular complexity index is 609. The summed E-state index contributed by atoms with van der Waals surface area (Å²) < 4.78 is 1.92. The molecule has 0 radical (unpaired) electrons. The van der Waals surface area contributed by atoms with Crippen LogP contribution in [0.25, 0.3) is 0 Å². The van der Waals surface area contributed by atoms with E-state index < -0.39 is 0 Å². The van der Waals surface area contributed by atoms with Crippen molar-refractivity contribution < 1.29 is 9.59 Å². The van der Waals surface area contributed by atoms with Crippen molar-refractivity contribution in [1.82, 2.24) is 19.6 Å². The topological polar surface area (TPSA) is 58.4 Å². The highest BCUT2D eigenvalue weighted by Gasteiger charge is 2.41. The molecule has 2 saturated heterocycles. The van der Waals surface area contributed by atoms with Crippen LogP contribution in [0.3, 0.4) is 0 Å². The van der Waals surface area contributed by atoms with Crippen molar-refractivity contribution in [3.8, 4) is 0 Å². The Hall–Kier alpha value is -1.85. The molecule has 2 amide bonds. The fraction of sp³-hybridized carbons (Fsp3) is 0.737. The van der Waals surface area contributed by atoms with Crippen molar-refractivity contribution in [2.75, 3.05) is 13.1 Å². The van der Waals surface area contributed by atoms with Gasteiger partial charge in [0.05, 0.1) is 18.5 Å². The van der Waals surface area contributed by atoms with Crippen LogP contribution in [0.2, 0.25) is 0 Å². The lowest BCUT2D eigenvalue weighted by molar-refractivity contribution is -0.139. The van der Waals surface area contributed by atoms with Gasteiger partial charge in [0, 0.05) is 37.9 Å². The van der Waals surface area contributed by atoms with E-state index in [2.05, 4.69) is 5.10 Å². The Morgan fingerprint density at radius 2 is 1.96 bits per heavy atom. The van der Waals surface area contributed by atoms with Gasteiger partial charge in [0.1, 0.15) is 0 Å². The lowest BCUT2D eigenvalue weighted by Crippen LogP contribution is -2.49. The molecule has 0 bridgehead atoms. The minimum Gasteiger partial charge on any atom is -0.339 e. The molecule has 6 nitrogen and oxygen atoms in total. The molecule has 1 aliphatic carbocycles. The Morgan fingerprint density at radius 3 is 2.72 bits per heavy atom. The van der Waals surface area contributed by atoms with E-state index in [0.29, 0.717) is 19.0 Å². The van der Waals surface area contributed by atoms with Crippen LogP contribution in [-0.4, -0.2) is 56.6 Å². The predicted octanol–water partition coefficient (Wildman–Crippen LogP) is 2.06. The molecular formula is C19H28N4O2. The number of carbonyl (C=O) groups excluding carboxylic acids is 2. The van der Waals surface area contributed by atoms with Gasteiger partial charge in [0.25, 0.3) is 0 Å². The molecule has 3 heterocycles. The third-order valence-corrected chi connectivity index (χ3v) is 6.14. The molecule has 136 valence electrons. The quantitative estimate of drug-likeness (QED) is 0.840. The summed E-state index contributed by atoms with van der Waals surface area (Å²) in [5.41, 5.74) is 0. The molecule has 1 aromatic rings. The van der Waals surface area contributed by atoms with Crippen LogP contribution < -0.4 is 0 Å². The Morgan fingerprint density at radius 1 is 1.16 bits per heavy atom. The minimum absolute atomic E-state index is 0.147. The van der Waals surface area contributed by atoms with Crippen molar-refractivity contribution in [2.24, 2.45) is 5.92 Å². The molecular weight excluding hydrogens is 316 g/mol. The fourth-order valence-corrected chi connectivity index (χ4v) is 4.81. The Labute approximate surface area is 149 Å². The molecule has 25 heavy (non-hydrogen) atoms. The van der Waals surface area contributed by atoms with Crippen molar-refractivity contribution in [3.05, 3.63) is 18.5 Å². The summed E-state index contributed by atoms with van der Waals surface area (Å²) >= 11 is 0.